The Morgan fingerprint density at radius 2 is 2.00 bits per heavy atom. The van der Waals surface area contributed by atoms with Gasteiger partial charge in [0.2, 0.25) is 0 Å². The van der Waals surface area contributed by atoms with Crippen molar-refractivity contribution in [3.63, 3.8) is 0 Å². The average molecular weight is 419 g/mol. The maximum absolute atomic E-state index is 6.29. The van der Waals surface area contributed by atoms with Gasteiger partial charge in [0.15, 0.2) is 5.82 Å². The molecule has 0 saturated carbocycles. The Bertz CT molecular complexity index is 786. The molecule has 0 radical (unpaired) electrons. The molecular weight excluding hydrogens is 411 g/mol. The molecule has 3 rings (SSSR count). The maximum atomic E-state index is 6.29. The second-order valence-electron chi connectivity index (χ2n) is 4.05. The molecule has 0 aliphatic heterocycles. The minimum Gasteiger partial charge on any atom is -0.226 e. The summed E-state index contributed by atoms with van der Waals surface area (Å²) in [6, 6.07) is 5.93. The number of thiophene rings is 1. The van der Waals surface area contributed by atoms with E-state index in [-0.39, 0.29) is 0 Å². The molecule has 2 nitrogen and oxygen atoms in total. The van der Waals surface area contributed by atoms with Gasteiger partial charge < -0.3 is 0 Å². The SMILES string of the molecule is Cc1ccsc1-c1nc(Cl)c2cc(Br)cc(Br)c2n1. The quantitative estimate of drug-likeness (QED) is 0.464. The molecule has 2 aromatic heterocycles. The molecule has 0 aliphatic rings. The summed E-state index contributed by atoms with van der Waals surface area (Å²) in [5.41, 5.74) is 1.99. The van der Waals surface area contributed by atoms with Gasteiger partial charge in [-0.2, -0.15) is 0 Å². The molecule has 0 amide bonds. The van der Waals surface area contributed by atoms with Crippen molar-refractivity contribution in [1.82, 2.24) is 9.97 Å². The van der Waals surface area contributed by atoms with E-state index < -0.39 is 0 Å². The molecule has 96 valence electrons. The van der Waals surface area contributed by atoms with Gasteiger partial charge in [0, 0.05) is 14.3 Å². The summed E-state index contributed by atoms with van der Waals surface area (Å²) < 4.78 is 1.84. The number of rotatable bonds is 1. The van der Waals surface area contributed by atoms with Crippen LogP contribution in [0, 0.1) is 6.92 Å². The van der Waals surface area contributed by atoms with E-state index in [4.69, 9.17) is 11.6 Å². The Morgan fingerprint density at radius 3 is 2.68 bits per heavy atom. The highest BCUT2D eigenvalue weighted by Crippen LogP contribution is 2.34. The minimum atomic E-state index is 0.467. The van der Waals surface area contributed by atoms with E-state index in [0.29, 0.717) is 11.0 Å². The molecule has 0 fully saturated rings. The zero-order valence-electron chi connectivity index (χ0n) is 9.75. The first-order valence-electron chi connectivity index (χ1n) is 5.43. The zero-order valence-corrected chi connectivity index (χ0v) is 14.5. The van der Waals surface area contributed by atoms with Crippen LogP contribution < -0.4 is 0 Å². The highest BCUT2D eigenvalue weighted by molar-refractivity contribution is 9.11. The van der Waals surface area contributed by atoms with Crippen LogP contribution in [0.5, 0.6) is 0 Å². The third-order valence-electron chi connectivity index (χ3n) is 2.74. The normalized spacial score (nSPS) is 11.2. The van der Waals surface area contributed by atoms with Gasteiger partial charge in [0.1, 0.15) is 5.15 Å². The van der Waals surface area contributed by atoms with Crippen molar-refractivity contribution in [3.8, 4) is 10.7 Å². The molecule has 6 heteroatoms. The van der Waals surface area contributed by atoms with Crippen LogP contribution in [0.1, 0.15) is 5.56 Å². The predicted molar refractivity (Wildman–Crippen MR) is 88.0 cm³/mol. The molecule has 1 aromatic carbocycles. The number of halogens is 3. The van der Waals surface area contributed by atoms with Crippen molar-refractivity contribution >= 4 is 65.7 Å². The van der Waals surface area contributed by atoms with Gasteiger partial charge in [-0.15, -0.1) is 11.3 Å². The smallest absolute Gasteiger partial charge is 0.171 e. The van der Waals surface area contributed by atoms with Gasteiger partial charge in [-0.3, -0.25) is 0 Å². The molecule has 0 atom stereocenters. The third-order valence-corrected chi connectivity index (χ3v) is 5.10. The number of fused-ring (bicyclic) bond motifs is 1. The number of aromatic nitrogens is 2. The van der Waals surface area contributed by atoms with Crippen molar-refractivity contribution < 1.29 is 0 Å². The van der Waals surface area contributed by atoms with Crippen LogP contribution in [-0.2, 0) is 0 Å². The molecule has 0 saturated heterocycles. The van der Waals surface area contributed by atoms with Gasteiger partial charge in [0.25, 0.3) is 0 Å². The highest BCUT2D eigenvalue weighted by Gasteiger charge is 2.13. The standard InChI is InChI=1S/C13H7Br2ClN2S/c1-6-2-3-19-11(6)13-17-10-8(12(16)18-13)4-7(14)5-9(10)15/h2-5H,1H3. The molecule has 0 N–H and O–H groups in total. The van der Waals surface area contributed by atoms with Crippen molar-refractivity contribution in [2.75, 3.05) is 0 Å². The Labute approximate surface area is 136 Å². The first-order chi connectivity index (χ1) is 9.06. The Morgan fingerprint density at radius 1 is 1.21 bits per heavy atom. The fourth-order valence-electron chi connectivity index (χ4n) is 1.82. The van der Waals surface area contributed by atoms with E-state index in [2.05, 4.69) is 47.9 Å². The summed E-state index contributed by atoms with van der Waals surface area (Å²) in [7, 11) is 0. The topological polar surface area (TPSA) is 25.8 Å². The molecule has 0 bridgehead atoms. The van der Waals surface area contributed by atoms with Crippen LogP contribution in [0.25, 0.3) is 21.6 Å². The summed E-state index contributed by atoms with van der Waals surface area (Å²) in [4.78, 5) is 10.1. The van der Waals surface area contributed by atoms with Crippen molar-refractivity contribution in [3.05, 3.63) is 43.2 Å². The van der Waals surface area contributed by atoms with Crippen molar-refractivity contribution in [2.24, 2.45) is 0 Å². The van der Waals surface area contributed by atoms with Gasteiger partial charge in [-0.1, -0.05) is 27.5 Å². The Balaban J connectivity index is 2.34. The first kappa shape index (κ1) is 13.5. The Kier molecular flexibility index (Phi) is 3.64. The summed E-state index contributed by atoms with van der Waals surface area (Å²) in [5.74, 6) is 0.674. The van der Waals surface area contributed by atoms with Crippen molar-refractivity contribution in [1.29, 1.82) is 0 Å². The van der Waals surface area contributed by atoms with Gasteiger partial charge in [-0.25, -0.2) is 9.97 Å². The summed E-state index contributed by atoms with van der Waals surface area (Å²) in [6.45, 7) is 2.05. The van der Waals surface area contributed by atoms with E-state index in [1.54, 1.807) is 11.3 Å². The fourth-order valence-corrected chi connectivity index (χ4v) is 4.22. The minimum absolute atomic E-state index is 0.467. The summed E-state index contributed by atoms with van der Waals surface area (Å²) in [6.07, 6.45) is 0. The molecule has 3 aromatic rings. The average Bonchev–Trinajstić information content (AvgIpc) is 2.76. The lowest BCUT2D eigenvalue weighted by atomic mass is 10.2. The van der Waals surface area contributed by atoms with Crippen LogP contribution in [0.15, 0.2) is 32.5 Å². The first-order valence-corrected chi connectivity index (χ1v) is 8.27. The monoisotopic (exact) mass is 416 g/mol. The molecular formula is C13H7Br2ClN2S. The summed E-state index contributed by atoms with van der Waals surface area (Å²) in [5, 5.41) is 3.33. The number of aryl methyl sites for hydroxylation is 1. The van der Waals surface area contributed by atoms with Gasteiger partial charge >= 0.3 is 0 Å². The summed E-state index contributed by atoms with van der Waals surface area (Å²) >= 11 is 14.9. The lowest BCUT2D eigenvalue weighted by Gasteiger charge is -2.06. The maximum Gasteiger partial charge on any atom is 0.171 e. The van der Waals surface area contributed by atoms with E-state index in [1.807, 2.05) is 24.4 Å². The predicted octanol–water partition coefficient (Wildman–Crippen LogP) is 5.85. The fraction of sp³-hybridized carbons (Fsp3) is 0.0769. The van der Waals surface area contributed by atoms with Crippen molar-refractivity contribution in [2.45, 2.75) is 6.92 Å². The molecule has 0 spiro atoms. The largest absolute Gasteiger partial charge is 0.226 e. The molecule has 0 unspecified atom stereocenters. The third kappa shape index (κ3) is 2.44. The lowest BCUT2D eigenvalue weighted by molar-refractivity contribution is 1.23. The van der Waals surface area contributed by atoms with Crippen LogP contribution >= 0.6 is 54.8 Å². The van der Waals surface area contributed by atoms with Crippen LogP contribution in [0.2, 0.25) is 5.15 Å². The van der Waals surface area contributed by atoms with E-state index in [0.717, 1.165) is 30.3 Å². The van der Waals surface area contributed by atoms with E-state index in [1.165, 1.54) is 0 Å². The van der Waals surface area contributed by atoms with Crippen LogP contribution in [0.4, 0.5) is 0 Å². The number of benzene rings is 1. The molecule has 2 heterocycles. The van der Waals surface area contributed by atoms with Crippen LogP contribution in [-0.4, -0.2) is 9.97 Å². The van der Waals surface area contributed by atoms with Gasteiger partial charge in [0.05, 0.1) is 10.4 Å². The molecule has 19 heavy (non-hydrogen) atoms. The second kappa shape index (κ2) is 5.13. The number of hydrogen-bond donors (Lipinski definition) is 0. The van der Waals surface area contributed by atoms with E-state index >= 15 is 0 Å². The number of nitrogens with zero attached hydrogens (tertiary/aromatic N) is 2. The number of hydrogen-bond acceptors (Lipinski definition) is 3. The van der Waals surface area contributed by atoms with E-state index in [9.17, 15) is 0 Å². The molecule has 0 aliphatic carbocycles. The van der Waals surface area contributed by atoms with Gasteiger partial charge in [-0.05, 0) is 52.0 Å². The lowest BCUT2D eigenvalue weighted by Crippen LogP contribution is -1.92. The van der Waals surface area contributed by atoms with Crippen LogP contribution in [0.3, 0.4) is 0 Å². The zero-order chi connectivity index (χ0) is 13.6. The second-order valence-corrected chi connectivity index (χ2v) is 7.10. The highest BCUT2D eigenvalue weighted by atomic mass is 79.9. The Hall–Kier alpha value is -0.490.